The van der Waals surface area contributed by atoms with Crippen LogP contribution in [0.15, 0.2) is 5.10 Å². The largest absolute Gasteiger partial charge is 0.351 e. The molecule has 0 radical (unpaired) electrons. The highest BCUT2D eigenvalue weighted by Gasteiger charge is 2.38. The molecule has 8 nitrogen and oxygen atoms in total. The van der Waals surface area contributed by atoms with Crippen LogP contribution in [-0.4, -0.2) is 36.2 Å². The Morgan fingerprint density at radius 2 is 2.29 bits per heavy atom. The number of hydrazone groups is 1. The Kier molecular flexibility index (Phi) is 2.22. The molecule has 2 saturated heterocycles. The lowest BCUT2D eigenvalue weighted by atomic mass is 10.3. The molecule has 0 aromatic rings. The maximum atomic E-state index is 10.1. The van der Waals surface area contributed by atoms with Crippen molar-refractivity contribution < 1.29 is 14.5 Å². The van der Waals surface area contributed by atoms with Crippen molar-refractivity contribution in [2.24, 2.45) is 5.10 Å². The van der Waals surface area contributed by atoms with E-state index in [9.17, 15) is 10.1 Å². The van der Waals surface area contributed by atoms with Gasteiger partial charge in [-0.15, -0.1) is 0 Å². The van der Waals surface area contributed by atoms with Gasteiger partial charge in [0.1, 0.15) is 5.10 Å². The first-order valence-corrected chi connectivity index (χ1v) is 4.18. The third kappa shape index (κ3) is 1.75. The van der Waals surface area contributed by atoms with Crippen molar-refractivity contribution in [2.45, 2.75) is 25.5 Å². The lowest BCUT2D eigenvalue weighted by Crippen LogP contribution is -2.46. The zero-order chi connectivity index (χ0) is 10.1. The second-order valence-corrected chi connectivity index (χ2v) is 3.10. The normalized spacial score (nSPS) is 38.6. The first-order chi connectivity index (χ1) is 6.65. The third-order valence-corrected chi connectivity index (χ3v) is 1.90. The van der Waals surface area contributed by atoms with Gasteiger partial charge in [0.25, 0.3) is 5.96 Å². The molecule has 2 rings (SSSR count). The fourth-order valence-corrected chi connectivity index (χ4v) is 1.37. The zero-order valence-electron chi connectivity index (χ0n) is 7.47. The molecule has 3 atom stereocenters. The number of hydrogen-bond acceptors (Lipinski definition) is 4. The number of rotatable bonds is 1. The molecule has 0 aromatic carbocycles. The van der Waals surface area contributed by atoms with Crippen LogP contribution < -0.4 is 10.6 Å². The van der Waals surface area contributed by atoms with Crippen LogP contribution in [0.2, 0.25) is 0 Å². The van der Waals surface area contributed by atoms with E-state index in [2.05, 4.69) is 15.7 Å². The zero-order valence-corrected chi connectivity index (χ0v) is 7.47. The van der Waals surface area contributed by atoms with Crippen molar-refractivity contribution >= 4 is 5.96 Å². The predicted molar refractivity (Wildman–Crippen MR) is 44.8 cm³/mol. The lowest BCUT2D eigenvalue weighted by Gasteiger charge is -2.29. The van der Waals surface area contributed by atoms with E-state index in [0.29, 0.717) is 6.61 Å². The van der Waals surface area contributed by atoms with Crippen molar-refractivity contribution in [3.05, 3.63) is 10.1 Å². The first kappa shape index (κ1) is 9.16. The molecule has 2 fully saturated rings. The molecular formula is C6H10N4O4. The van der Waals surface area contributed by atoms with Crippen molar-refractivity contribution in [3.63, 3.8) is 0 Å². The number of nitrogens with zero attached hydrogens (tertiary/aromatic N) is 2. The fraction of sp³-hybridized carbons (Fsp3) is 0.833. The van der Waals surface area contributed by atoms with E-state index in [1.165, 1.54) is 0 Å². The minimum atomic E-state index is -0.782. The molecule has 14 heavy (non-hydrogen) atoms. The molecule has 0 amide bonds. The van der Waals surface area contributed by atoms with Crippen molar-refractivity contribution in [2.75, 3.05) is 6.61 Å². The van der Waals surface area contributed by atoms with Gasteiger partial charge in [0, 0.05) is 0 Å². The molecule has 2 aliphatic rings. The molecule has 2 heterocycles. The summed E-state index contributed by atoms with van der Waals surface area (Å²) in [6, 6.07) is 0. The van der Waals surface area contributed by atoms with E-state index in [1.807, 2.05) is 6.92 Å². The maximum absolute atomic E-state index is 10.1. The van der Waals surface area contributed by atoms with E-state index in [1.54, 1.807) is 0 Å². The molecule has 8 heteroatoms. The van der Waals surface area contributed by atoms with Gasteiger partial charge in [-0.1, -0.05) is 0 Å². The predicted octanol–water partition coefficient (Wildman–Crippen LogP) is -1.19. The topological polar surface area (TPSA) is 98.0 Å². The van der Waals surface area contributed by atoms with Crippen LogP contribution in [0, 0.1) is 10.1 Å². The van der Waals surface area contributed by atoms with Gasteiger partial charge >= 0.3 is 0 Å². The summed E-state index contributed by atoms with van der Waals surface area (Å²) in [6.07, 6.45) is -0.831. The van der Waals surface area contributed by atoms with Gasteiger partial charge in [-0.25, -0.2) is 10.1 Å². The molecule has 0 spiro atoms. The van der Waals surface area contributed by atoms with E-state index >= 15 is 0 Å². The number of ether oxygens (including phenoxy) is 2. The Hall–Kier alpha value is -1.41. The molecule has 78 valence electrons. The van der Waals surface area contributed by atoms with Crippen molar-refractivity contribution in [1.29, 1.82) is 0 Å². The number of guanidine groups is 1. The third-order valence-electron chi connectivity index (χ3n) is 1.90. The number of hydrogen-bond donors (Lipinski definition) is 2. The summed E-state index contributed by atoms with van der Waals surface area (Å²) >= 11 is 0. The van der Waals surface area contributed by atoms with Crippen LogP contribution in [0.3, 0.4) is 0 Å². The number of nitrogens with one attached hydrogen (secondary N) is 2. The Morgan fingerprint density at radius 1 is 1.57 bits per heavy atom. The Balaban J connectivity index is 2.02. The highest BCUT2D eigenvalue weighted by molar-refractivity contribution is 5.81. The van der Waals surface area contributed by atoms with E-state index in [-0.39, 0.29) is 12.1 Å². The van der Waals surface area contributed by atoms with Crippen LogP contribution in [-0.2, 0) is 9.47 Å². The van der Waals surface area contributed by atoms with Gasteiger partial charge in [0.15, 0.2) is 17.5 Å². The lowest BCUT2D eigenvalue weighted by molar-refractivity contribution is -0.485. The highest BCUT2D eigenvalue weighted by Crippen LogP contribution is 2.14. The molecule has 2 aliphatic heterocycles. The van der Waals surface area contributed by atoms with Crippen LogP contribution in [0.4, 0.5) is 0 Å². The molecular weight excluding hydrogens is 192 g/mol. The Labute approximate surface area is 79.4 Å². The second-order valence-electron chi connectivity index (χ2n) is 3.10. The number of nitro groups is 1. The minimum Gasteiger partial charge on any atom is -0.351 e. The first-order valence-electron chi connectivity index (χ1n) is 4.18. The van der Waals surface area contributed by atoms with Crippen LogP contribution in [0.25, 0.3) is 0 Å². The molecule has 0 aliphatic carbocycles. The second kappa shape index (κ2) is 3.39. The molecule has 0 bridgehead atoms. The van der Waals surface area contributed by atoms with Gasteiger partial charge in [0.2, 0.25) is 0 Å². The van der Waals surface area contributed by atoms with E-state index < -0.39 is 17.5 Å². The van der Waals surface area contributed by atoms with Crippen LogP contribution in [0.5, 0.6) is 0 Å². The summed E-state index contributed by atoms with van der Waals surface area (Å²) < 4.78 is 10.7. The number of fused-ring (bicyclic) bond motifs is 1. The van der Waals surface area contributed by atoms with E-state index in [0.717, 1.165) is 0 Å². The summed E-state index contributed by atoms with van der Waals surface area (Å²) in [5.41, 5.74) is 0. The molecule has 0 saturated carbocycles. The Bertz CT molecular complexity index is 281. The summed E-state index contributed by atoms with van der Waals surface area (Å²) in [5.74, 6) is 0.0686. The molecule has 0 unspecified atom stereocenters. The minimum absolute atomic E-state index is 0.0273. The van der Waals surface area contributed by atoms with Gasteiger partial charge in [0.05, 0.1) is 12.7 Å². The van der Waals surface area contributed by atoms with Gasteiger partial charge in [-0.2, -0.15) is 0 Å². The fourth-order valence-electron chi connectivity index (χ4n) is 1.37. The average Bonchev–Trinajstić information content (AvgIpc) is 2.44. The van der Waals surface area contributed by atoms with Crippen LogP contribution in [0.1, 0.15) is 6.92 Å². The monoisotopic (exact) mass is 202 g/mol. The standard InChI is InChI=1S/C6H10N4O4/c1-3-2-13-4-5(14-3)8-6(7-4)9-10(11)12/h3-5H,2H2,1H3,(H2,7,8,9)/t3-,4-,5+/m1/s1. The maximum Gasteiger partial charge on any atom is 0.273 e. The van der Waals surface area contributed by atoms with Crippen LogP contribution >= 0.6 is 0 Å². The average molecular weight is 202 g/mol. The van der Waals surface area contributed by atoms with Crippen molar-refractivity contribution in [3.8, 4) is 0 Å². The van der Waals surface area contributed by atoms with Gasteiger partial charge in [-0.05, 0) is 6.92 Å². The Morgan fingerprint density at radius 3 is 3.00 bits per heavy atom. The summed E-state index contributed by atoms with van der Waals surface area (Å²) in [6.45, 7) is 2.32. The summed E-state index contributed by atoms with van der Waals surface area (Å²) in [7, 11) is 0. The van der Waals surface area contributed by atoms with Gasteiger partial charge < -0.3 is 20.1 Å². The quantitative estimate of drug-likeness (QED) is 0.410. The van der Waals surface area contributed by atoms with Crippen molar-refractivity contribution in [1.82, 2.24) is 10.6 Å². The smallest absolute Gasteiger partial charge is 0.273 e. The summed E-state index contributed by atoms with van der Waals surface area (Å²) in [5, 5.41) is 17.8. The van der Waals surface area contributed by atoms with Gasteiger partial charge in [-0.3, -0.25) is 0 Å². The SMILES string of the molecule is C[C@@H]1CO[C@H]2N/C(=N/[N+](=O)[O-])N[C@H]2O1. The molecule has 0 aromatic heterocycles. The molecule has 2 N–H and O–H groups in total. The van der Waals surface area contributed by atoms with E-state index in [4.69, 9.17) is 9.47 Å². The summed E-state index contributed by atoms with van der Waals surface area (Å²) in [4.78, 5) is 10.1. The highest BCUT2D eigenvalue weighted by atomic mass is 16.7.